The van der Waals surface area contributed by atoms with Gasteiger partial charge in [-0.2, -0.15) is 0 Å². The Morgan fingerprint density at radius 3 is 1.62 bits per heavy atom. The zero-order chi connectivity index (χ0) is 31.9. The van der Waals surface area contributed by atoms with E-state index in [4.69, 9.17) is 19.9 Å². The standard InChI is InChI=1S/C43H27N5/c1-3-10-28(11-4-1)39-25-40(29-12-5-2-6-13-29)48-43(47-39)38-22-19-32(26-45-38)34-20-21-35(37-16-8-7-15-36(34)37)33-24-31-18-17-30-14-9-23-44-41(30)42(31)46-27-33/h1-27H. The highest BCUT2D eigenvalue weighted by molar-refractivity contribution is 6.07. The van der Waals surface area contributed by atoms with Crippen LogP contribution >= 0.6 is 0 Å². The molecule has 0 spiro atoms. The SMILES string of the molecule is c1ccc(-c2cc(-c3ccccc3)nc(-c3ccc(-c4ccc(-c5cnc6c(ccc7cccnc76)c5)c5ccccc45)cn3)n2)cc1. The number of hydrogen-bond acceptors (Lipinski definition) is 5. The summed E-state index contributed by atoms with van der Waals surface area (Å²) in [7, 11) is 0. The second-order valence-electron chi connectivity index (χ2n) is 11.8. The lowest BCUT2D eigenvalue weighted by atomic mass is 9.92. The third kappa shape index (κ3) is 4.95. The van der Waals surface area contributed by atoms with Gasteiger partial charge in [0.2, 0.25) is 0 Å². The Kier molecular flexibility index (Phi) is 6.72. The van der Waals surface area contributed by atoms with Crippen LogP contribution in [0.3, 0.4) is 0 Å². The van der Waals surface area contributed by atoms with Crippen molar-refractivity contribution in [1.29, 1.82) is 0 Å². The maximum absolute atomic E-state index is 4.95. The molecule has 0 bridgehead atoms. The zero-order valence-electron chi connectivity index (χ0n) is 25.8. The Hall–Kier alpha value is -6.59. The smallest absolute Gasteiger partial charge is 0.179 e. The van der Waals surface area contributed by atoms with Gasteiger partial charge >= 0.3 is 0 Å². The molecule has 0 fully saturated rings. The van der Waals surface area contributed by atoms with E-state index in [0.717, 1.165) is 83.0 Å². The molecule has 0 radical (unpaired) electrons. The van der Waals surface area contributed by atoms with Crippen molar-refractivity contribution in [2.75, 3.05) is 0 Å². The predicted molar refractivity (Wildman–Crippen MR) is 195 cm³/mol. The molecule has 4 aromatic heterocycles. The van der Waals surface area contributed by atoms with Crippen LogP contribution in [0.25, 0.3) is 88.9 Å². The summed E-state index contributed by atoms with van der Waals surface area (Å²) in [6.07, 6.45) is 5.70. The van der Waals surface area contributed by atoms with Crippen molar-refractivity contribution in [3.8, 4) is 56.3 Å². The van der Waals surface area contributed by atoms with Gasteiger partial charge in [0.1, 0.15) is 5.69 Å². The molecule has 4 heterocycles. The third-order valence-electron chi connectivity index (χ3n) is 8.83. The molecule has 0 aliphatic carbocycles. The normalized spacial score (nSPS) is 11.3. The van der Waals surface area contributed by atoms with Gasteiger partial charge in [-0.15, -0.1) is 0 Å². The molecular weight excluding hydrogens is 587 g/mol. The predicted octanol–water partition coefficient (Wildman–Crippen LogP) is 10.5. The number of benzene rings is 5. The van der Waals surface area contributed by atoms with Crippen LogP contribution in [0.2, 0.25) is 0 Å². The summed E-state index contributed by atoms with van der Waals surface area (Å²) in [4.78, 5) is 24.3. The average Bonchev–Trinajstić information content (AvgIpc) is 3.18. The summed E-state index contributed by atoms with van der Waals surface area (Å²) in [5.41, 5.74) is 10.7. The second kappa shape index (κ2) is 11.6. The topological polar surface area (TPSA) is 64.5 Å². The van der Waals surface area contributed by atoms with E-state index in [1.807, 2.05) is 73.2 Å². The highest BCUT2D eigenvalue weighted by Gasteiger charge is 2.14. The first-order valence-electron chi connectivity index (χ1n) is 15.9. The molecule has 0 N–H and O–H groups in total. The highest BCUT2D eigenvalue weighted by atomic mass is 14.9. The lowest BCUT2D eigenvalue weighted by molar-refractivity contribution is 1.15. The monoisotopic (exact) mass is 613 g/mol. The van der Waals surface area contributed by atoms with Crippen molar-refractivity contribution in [3.63, 3.8) is 0 Å². The van der Waals surface area contributed by atoms with Crippen LogP contribution < -0.4 is 0 Å². The van der Waals surface area contributed by atoms with Crippen molar-refractivity contribution in [2.24, 2.45) is 0 Å². The first-order chi connectivity index (χ1) is 23.8. The fourth-order valence-corrected chi connectivity index (χ4v) is 6.45. The molecule has 0 unspecified atom stereocenters. The maximum Gasteiger partial charge on any atom is 0.179 e. The minimum Gasteiger partial charge on any atom is -0.254 e. The van der Waals surface area contributed by atoms with Crippen LogP contribution in [0.15, 0.2) is 164 Å². The fraction of sp³-hybridized carbons (Fsp3) is 0. The average molecular weight is 614 g/mol. The number of fused-ring (bicyclic) bond motifs is 4. The summed E-state index contributed by atoms with van der Waals surface area (Å²) in [5.74, 6) is 0.591. The van der Waals surface area contributed by atoms with Gasteiger partial charge in [-0.05, 0) is 46.2 Å². The number of hydrogen-bond donors (Lipinski definition) is 0. The molecule has 5 heteroatoms. The lowest BCUT2D eigenvalue weighted by Gasteiger charge is -2.13. The van der Waals surface area contributed by atoms with Gasteiger partial charge in [0.25, 0.3) is 0 Å². The Morgan fingerprint density at radius 1 is 0.354 bits per heavy atom. The van der Waals surface area contributed by atoms with Gasteiger partial charge in [-0.1, -0.05) is 121 Å². The lowest BCUT2D eigenvalue weighted by Crippen LogP contribution is -1.97. The van der Waals surface area contributed by atoms with E-state index in [0.29, 0.717) is 5.82 Å². The van der Waals surface area contributed by atoms with Gasteiger partial charge in [-0.3, -0.25) is 15.0 Å². The summed E-state index contributed by atoms with van der Waals surface area (Å²) in [6, 6.07) is 49.9. The van der Waals surface area contributed by atoms with E-state index >= 15 is 0 Å². The zero-order valence-corrected chi connectivity index (χ0v) is 25.8. The summed E-state index contributed by atoms with van der Waals surface area (Å²) in [6.45, 7) is 0. The van der Waals surface area contributed by atoms with Gasteiger partial charge in [-0.25, -0.2) is 9.97 Å². The molecule has 5 aromatic carbocycles. The van der Waals surface area contributed by atoms with E-state index < -0.39 is 0 Å². The third-order valence-corrected chi connectivity index (χ3v) is 8.83. The van der Waals surface area contributed by atoms with Gasteiger partial charge in [0.15, 0.2) is 5.82 Å². The largest absolute Gasteiger partial charge is 0.254 e. The van der Waals surface area contributed by atoms with Crippen LogP contribution in [0.4, 0.5) is 0 Å². The van der Waals surface area contributed by atoms with Gasteiger partial charge in [0.05, 0.1) is 22.4 Å². The maximum atomic E-state index is 4.95. The first-order valence-corrected chi connectivity index (χ1v) is 15.9. The molecular formula is C43H27N5. The van der Waals surface area contributed by atoms with E-state index in [2.05, 4.69) is 96.0 Å². The molecule has 0 saturated carbocycles. The molecule has 5 nitrogen and oxygen atoms in total. The van der Waals surface area contributed by atoms with E-state index in [1.54, 1.807) is 0 Å². The Labute approximate surface area is 277 Å². The first kappa shape index (κ1) is 27.7. The summed E-state index contributed by atoms with van der Waals surface area (Å²) >= 11 is 0. The molecule has 224 valence electrons. The molecule has 0 aliphatic rings. The van der Waals surface area contributed by atoms with Crippen LogP contribution in [0.1, 0.15) is 0 Å². The van der Waals surface area contributed by atoms with Crippen LogP contribution in [0.5, 0.6) is 0 Å². The van der Waals surface area contributed by atoms with E-state index in [1.165, 1.54) is 0 Å². The van der Waals surface area contributed by atoms with Crippen molar-refractivity contribution < 1.29 is 0 Å². The second-order valence-corrected chi connectivity index (χ2v) is 11.8. The molecule has 0 saturated heterocycles. The molecule has 9 aromatic rings. The van der Waals surface area contributed by atoms with Crippen molar-refractivity contribution in [3.05, 3.63) is 164 Å². The van der Waals surface area contributed by atoms with Crippen molar-refractivity contribution in [1.82, 2.24) is 24.9 Å². The molecule has 0 amide bonds. The minimum absolute atomic E-state index is 0.591. The Morgan fingerprint density at radius 2 is 0.958 bits per heavy atom. The van der Waals surface area contributed by atoms with Crippen LogP contribution in [0, 0.1) is 0 Å². The van der Waals surface area contributed by atoms with Crippen molar-refractivity contribution in [2.45, 2.75) is 0 Å². The molecule has 0 aliphatic heterocycles. The van der Waals surface area contributed by atoms with Gasteiger partial charge < -0.3 is 0 Å². The number of pyridine rings is 3. The van der Waals surface area contributed by atoms with Crippen molar-refractivity contribution >= 4 is 32.6 Å². The summed E-state index contributed by atoms with van der Waals surface area (Å²) in [5, 5.41) is 4.47. The Bertz CT molecular complexity index is 2540. The highest BCUT2D eigenvalue weighted by Crippen LogP contribution is 2.37. The van der Waals surface area contributed by atoms with Crippen LogP contribution in [-0.2, 0) is 0 Å². The summed E-state index contributed by atoms with van der Waals surface area (Å²) < 4.78 is 0. The number of nitrogens with zero attached hydrogens (tertiary/aromatic N) is 5. The molecule has 0 atom stereocenters. The quantitative estimate of drug-likeness (QED) is 0.181. The minimum atomic E-state index is 0.591. The molecule has 9 rings (SSSR count). The van der Waals surface area contributed by atoms with Gasteiger partial charge in [0, 0.05) is 51.6 Å². The fourth-order valence-electron chi connectivity index (χ4n) is 6.45. The number of rotatable bonds is 5. The van der Waals surface area contributed by atoms with Crippen LogP contribution in [-0.4, -0.2) is 24.9 Å². The van der Waals surface area contributed by atoms with E-state index in [-0.39, 0.29) is 0 Å². The van der Waals surface area contributed by atoms with E-state index in [9.17, 15) is 0 Å². The molecule has 48 heavy (non-hydrogen) atoms. The number of aromatic nitrogens is 5. The Balaban J connectivity index is 1.11.